The molecule has 21 heavy (non-hydrogen) atoms. The van der Waals surface area contributed by atoms with E-state index in [-0.39, 0.29) is 35.7 Å². The lowest BCUT2D eigenvalue weighted by molar-refractivity contribution is -0.274. The summed E-state index contributed by atoms with van der Waals surface area (Å²) >= 11 is 0. The molecular formula is C13H16ClF3N2O2. The van der Waals surface area contributed by atoms with Gasteiger partial charge in [-0.3, -0.25) is 4.79 Å². The third kappa shape index (κ3) is 4.78. The van der Waals surface area contributed by atoms with Crippen LogP contribution in [0.15, 0.2) is 24.3 Å². The lowest BCUT2D eigenvalue weighted by Gasteiger charge is -2.24. The van der Waals surface area contributed by atoms with Crippen LogP contribution >= 0.6 is 12.4 Å². The molecule has 0 radical (unpaired) electrons. The zero-order valence-electron chi connectivity index (χ0n) is 11.3. The highest BCUT2D eigenvalue weighted by molar-refractivity contribution is 5.94. The van der Waals surface area contributed by atoms with Crippen LogP contribution in [0.4, 0.5) is 13.2 Å². The molecule has 1 amide bonds. The van der Waals surface area contributed by atoms with Crippen LogP contribution in [-0.2, 0) is 0 Å². The molecule has 0 spiro atoms. The Labute approximate surface area is 126 Å². The van der Waals surface area contributed by atoms with Crippen molar-refractivity contribution < 1.29 is 22.7 Å². The molecule has 1 N–H and O–H groups in total. The second-order valence-corrected chi connectivity index (χ2v) is 4.64. The number of halogens is 4. The second-order valence-electron chi connectivity index (χ2n) is 4.64. The van der Waals surface area contributed by atoms with Gasteiger partial charge >= 0.3 is 6.36 Å². The molecule has 1 saturated heterocycles. The fourth-order valence-corrected chi connectivity index (χ4v) is 2.17. The standard InChI is InChI=1S/C13H15F3N2O2.ClH/c1-18(10-5-6-17-8-10)12(19)9-3-2-4-11(7-9)20-13(14,15)16;/h2-4,7,10,17H,5-6,8H2,1H3;1H. The Balaban J connectivity index is 0.00000220. The third-order valence-corrected chi connectivity index (χ3v) is 3.22. The molecule has 8 heteroatoms. The number of nitrogens with one attached hydrogen (secondary N) is 1. The van der Waals surface area contributed by atoms with Gasteiger partial charge in [-0.2, -0.15) is 0 Å². The number of ether oxygens (including phenoxy) is 1. The van der Waals surface area contributed by atoms with Crippen LogP contribution in [-0.4, -0.2) is 43.3 Å². The average molecular weight is 325 g/mol. The Kier molecular flexibility index (Phi) is 5.86. The molecule has 0 aliphatic carbocycles. The van der Waals surface area contributed by atoms with Crippen molar-refractivity contribution in [1.29, 1.82) is 0 Å². The third-order valence-electron chi connectivity index (χ3n) is 3.22. The first-order valence-corrected chi connectivity index (χ1v) is 6.20. The molecule has 1 aromatic rings. The van der Waals surface area contributed by atoms with Gasteiger partial charge in [0.05, 0.1) is 0 Å². The Morgan fingerprint density at radius 3 is 2.71 bits per heavy atom. The lowest BCUT2D eigenvalue weighted by Crippen LogP contribution is -2.38. The number of carbonyl (C=O) groups is 1. The molecule has 1 aliphatic heterocycles. The number of rotatable bonds is 3. The van der Waals surface area contributed by atoms with Crippen molar-refractivity contribution >= 4 is 18.3 Å². The Bertz CT molecular complexity index is 491. The summed E-state index contributed by atoms with van der Waals surface area (Å²) in [4.78, 5) is 13.8. The number of alkyl halides is 3. The minimum absolute atomic E-state index is 0. The molecule has 1 unspecified atom stereocenters. The number of likely N-dealkylation sites (N-methyl/N-ethyl adjacent to an activating group) is 1. The fourth-order valence-electron chi connectivity index (χ4n) is 2.17. The maximum atomic E-state index is 12.2. The Morgan fingerprint density at radius 1 is 1.43 bits per heavy atom. The van der Waals surface area contributed by atoms with Gasteiger partial charge in [-0.1, -0.05) is 6.07 Å². The number of nitrogens with zero attached hydrogens (tertiary/aromatic N) is 1. The van der Waals surface area contributed by atoms with Gasteiger partial charge in [0.25, 0.3) is 5.91 Å². The zero-order valence-corrected chi connectivity index (χ0v) is 12.1. The first-order valence-electron chi connectivity index (χ1n) is 6.20. The topological polar surface area (TPSA) is 41.6 Å². The maximum absolute atomic E-state index is 12.2. The SMILES string of the molecule is CN(C(=O)c1cccc(OC(F)(F)F)c1)C1CCNC1.Cl. The highest BCUT2D eigenvalue weighted by Crippen LogP contribution is 2.24. The quantitative estimate of drug-likeness (QED) is 0.928. The molecule has 0 bridgehead atoms. The Morgan fingerprint density at radius 2 is 2.14 bits per heavy atom. The summed E-state index contributed by atoms with van der Waals surface area (Å²) in [6.45, 7) is 1.53. The number of hydrogen-bond acceptors (Lipinski definition) is 3. The summed E-state index contributed by atoms with van der Waals surface area (Å²) < 4.78 is 40.3. The molecule has 0 aromatic heterocycles. The van der Waals surface area contributed by atoms with Gasteiger partial charge in [-0.15, -0.1) is 25.6 Å². The molecule has 1 fully saturated rings. The van der Waals surface area contributed by atoms with Gasteiger partial charge in [-0.25, -0.2) is 0 Å². The largest absolute Gasteiger partial charge is 0.573 e. The van der Waals surface area contributed by atoms with Gasteiger partial charge in [0, 0.05) is 25.2 Å². The Hall–Kier alpha value is -1.47. The number of benzene rings is 1. The molecule has 1 aliphatic rings. The number of carbonyl (C=O) groups excluding carboxylic acids is 1. The van der Waals surface area contributed by atoms with E-state index in [1.54, 1.807) is 11.9 Å². The normalized spacial score (nSPS) is 18.0. The summed E-state index contributed by atoms with van der Waals surface area (Å²) in [5.41, 5.74) is 0.182. The van der Waals surface area contributed by atoms with E-state index in [4.69, 9.17) is 0 Å². The molecule has 1 atom stereocenters. The predicted molar refractivity (Wildman–Crippen MR) is 73.7 cm³/mol. The second kappa shape index (κ2) is 7.00. The van der Waals surface area contributed by atoms with Crippen LogP contribution in [0.1, 0.15) is 16.8 Å². The molecule has 4 nitrogen and oxygen atoms in total. The van der Waals surface area contributed by atoms with E-state index in [9.17, 15) is 18.0 Å². The average Bonchev–Trinajstić information content (AvgIpc) is 2.89. The van der Waals surface area contributed by atoms with Crippen LogP contribution in [0.25, 0.3) is 0 Å². The first kappa shape index (κ1) is 17.6. The summed E-state index contributed by atoms with van der Waals surface area (Å²) in [5, 5.41) is 3.13. The number of amides is 1. The highest BCUT2D eigenvalue weighted by Gasteiger charge is 2.31. The molecule has 2 rings (SSSR count). The van der Waals surface area contributed by atoms with Crippen molar-refractivity contribution in [2.75, 3.05) is 20.1 Å². The van der Waals surface area contributed by atoms with Crippen molar-refractivity contribution in [3.8, 4) is 5.75 Å². The van der Waals surface area contributed by atoms with Crippen LogP contribution in [0.5, 0.6) is 5.75 Å². The van der Waals surface area contributed by atoms with Gasteiger partial charge in [0.2, 0.25) is 0 Å². The summed E-state index contributed by atoms with van der Waals surface area (Å²) in [6, 6.07) is 5.19. The maximum Gasteiger partial charge on any atom is 0.573 e. The predicted octanol–water partition coefficient (Wildman–Crippen LogP) is 2.44. The van der Waals surface area contributed by atoms with Gasteiger partial charge in [-0.05, 0) is 31.2 Å². The first-order chi connectivity index (χ1) is 9.37. The lowest BCUT2D eigenvalue weighted by atomic mass is 10.1. The zero-order chi connectivity index (χ0) is 14.8. The van der Waals surface area contributed by atoms with Crippen LogP contribution in [0.2, 0.25) is 0 Å². The molecule has 0 saturated carbocycles. The van der Waals surface area contributed by atoms with Gasteiger partial charge in [0.1, 0.15) is 5.75 Å². The van der Waals surface area contributed by atoms with Gasteiger partial charge in [0.15, 0.2) is 0 Å². The van der Waals surface area contributed by atoms with E-state index in [1.165, 1.54) is 18.2 Å². The van der Waals surface area contributed by atoms with Crippen molar-refractivity contribution in [3.63, 3.8) is 0 Å². The minimum atomic E-state index is -4.76. The summed E-state index contributed by atoms with van der Waals surface area (Å²) in [6.07, 6.45) is -3.93. The van der Waals surface area contributed by atoms with E-state index in [0.29, 0.717) is 6.54 Å². The van der Waals surface area contributed by atoms with E-state index in [0.717, 1.165) is 19.0 Å². The molecule has 118 valence electrons. The highest BCUT2D eigenvalue weighted by atomic mass is 35.5. The molecule has 1 aromatic carbocycles. The summed E-state index contributed by atoms with van der Waals surface area (Å²) in [7, 11) is 1.65. The fraction of sp³-hybridized carbons (Fsp3) is 0.462. The monoisotopic (exact) mass is 324 g/mol. The smallest absolute Gasteiger partial charge is 0.406 e. The summed E-state index contributed by atoms with van der Waals surface area (Å²) in [5.74, 6) is -0.701. The van der Waals surface area contributed by atoms with E-state index in [2.05, 4.69) is 10.1 Å². The molecule has 1 heterocycles. The van der Waals surface area contributed by atoms with Crippen molar-refractivity contribution in [1.82, 2.24) is 10.2 Å². The van der Waals surface area contributed by atoms with Crippen molar-refractivity contribution in [3.05, 3.63) is 29.8 Å². The van der Waals surface area contributed by atoms with Crippen LogP contribution < -0.4 is 10.1 Å². The van der Waals surface area contributed by atoms with Crippen molar-refractivity contribution in [2.24, 2.45) is 0 Å². The number of hydrogen-bond donors (Lipinski definition) is 1. The van der Waals surface area contributed by atoms with Gasteiger partial charge < -0.3 is 15.0 Å². The minimum Gasteiger partial charge on any atom is -0.406 e. The van der Waals surface area contributed by atoms with E-state index in [1.807, 2.05) is 0 Å². The van der Waals surface area contributed by atoms with Crippen LogP contribution in [0, 0.1) is 0 Å². The van der Waals surface area contributed by atoms with Crippen molar-refractivity contribution in [2.45, 2.75) is 18.8 Å². The van der Waals surface area contributed by atoms with Crippen LogP contribution in [0.3, 0.4) is 0 Å². The van der Waals surface area contributed by atoms with E-state index >= 15 is 0 Å². The molecular weight excluding hydrogens is 309 g/mol. The van der Waals surface area contributed by atoms with E-state index < -0.39 is 6.36 Å².